The Labute approximate surface area is 96.2 Å². The van der Waals surface area contributed by atoms with E-state index >= 15 is 0 Å². The number of aromatic nitrogens is 2. The van der Waals surface area contributed by atoms with Gasteiger partial charge in [0.25, 0.3) is 0 Å². The van der Waals surface area contributed by atoms with Crippen molar-refractivity contribution in [3.05, 3.63) is 29.7 Å². The second-order valence-corrected chi connectivity index (χ2v) is 3.98. The van der Waals surface area contributed by atoms with Crippen molar-refractivity contribution in [3.63, 3.8) is 0 Å². The van der Waals surface area contributed by atoms with Crippen LogP contribution in [0.5, 0.6) is 0 Å². The van der Waals surface area contributed by atoms with E-state index in [-0.39, 0.29) is 0 Å². The fraction of sp³-hybridized carbons (Fsp3) is 0.500. The Balaban J connectivity index is 1.80. The Morgan fingerprint density at radius 3 is 3.00 bits per heavy atom. The van der Waals surface area contributed by atoms with Crippen molar-refractivity contribution in [1.29, 1.82) is 0 Å². The minimum absolute atomic E-state index is 0.900. The van der Waals surface area contributed by atoms with Crippen LogP contribution in [-0.2, 0) is 0 Å². The first-order valence-corrected chi connectivity index (χ1v) is 5.76. The Morgan fingerprint density at radius 2 is 2.25 bits per heavy atom. The summed E-state index contributed by atoms with van der Waals surface area (Å²) in [6.45, 7) is 5.03. The molecule has 0 fully saturated rings. The molecule has 1 aromatic rings. The van der Waals surface area contributed by atoms with Gasteiger partial charge in [0.1, 0.15) is 5.82 Å². The first-order chi connectivity index (χ1) is 7.86. The number of aryl methyl sites for hydroxylation is 1. The number of nitrogens with one attached hydrogen (secondary N) is 2. The largest absolute Gasteiger partial charge is 0.368 e. The van der Waals surface area contributed by atoms with Crippen LogP contribution in [0.1, 0.15) is 18.5 Å². The molecule has 16 heavy (non-hydrogen) atoms. The minimum atomic E-state index is 0.900. The van der Waals surface area contributed by atoms with Crippen LogP contribution in [0.3, 0.4) is 0 Å². The van der Waals surface area contributed by atoms with Crippen LogP contribution in [0.2, 0.25) is 0 Å². The van der Waals surface area contributed by atoms with Crippen LogP contribution in [0.4, 0.5) is 5.82 Å². The molecule has 2 rings (SSSR count). The Morgan fingerprint density at radius 1 is 1.38 bits per heavy atom. The highest BCUT2D eigenvalue weighted by molar-refractivity contribution is 5.38. The average molecular weight is 218 g/mol. The maximum absolute atomic E-state index is 4.26. The summed E-state index contributed by atoms with van der Waals surface area (Å²) in [5.41, 5.74) is 2.49. The van der Waals surface area contributed by atoms with E-state index in [1.807, 2.05) is 6.92 Å². The van der Waals surface area contributed by atoms with E-state index < -0.39 is 0 Å². The molecule has 1 aromatic heterocycles. The quantitative estimate of drug-likeness (QED) is 0.752. The molecule has 86 valence electrons. The summed E-state index contributed by atoms with van der Waals surface area (Å²) in [7, 11) is 0. The smallest absolute Gasteiger partial charge is 0.147 e. The van der Waals surface area contributed by atoms with E-state index in [9.17, 15) is 0 Å². The number of hydrogen-bond acceptors (Lipinski definition) is 4. The van der Waals surface area contributed by atoms with Gasteiger partial charge < -0.3 is 10.6 Å². The third kappa shape index (κ3) is 3.03. The monoisotopic (exact) mass is 218 g/mol. The zero-order valence-electron chi connectivity index (χ0n) is 9.66. The van der Waals surface area contributed by atoms with Gasteiger partial charge in [-0.25, -0.2) is 4.98 Å². The van der Waals surface area contributed by atoms with E-state index in [0.717, 1.165) is 37.6 Å². The van der Waals surface area contributed by atoms with Crippen molar-refractivity contribution in [1.82, 2.24) is 15.3 Å². The number of anilines is 1. The van der Waals surface area contributed by atoms with E-state index in [0.29, 0.717) is 0 Å². The molecule has 1 aliphatic heterocycles. The van der Waals surface area contributed by atoms with Crippen LogP contribution < -0.4 is 10.6 Å². The van der Waals surface area contributed by atoms with E-state index in [1.54, 1.807) is 12.4 Å². The first kappa shape index (κ1) is 11.1. The molecule has 0 saturated carbocycles. The first-order valence-electron chi connectivity index (χ1n) is 5.76. The summed E-state index contributed by atoms with van der Waals surface area (Å²) in [5, 5.41) is 6.64. The number of rotatable bonds is 4. The van der Waals surface area contributed by atoms with E-state index in [4.69, 9.17) is 0 Å². The highest BCUT2D eigenvalue weighted by atomic mass is 15.0. The number of nitrogens with zero attached hydrogens (tertiary/aromatic N) is 2. The highest BCUT2D eigenvalue weighted by Crippen LogP contribution is 2.11. The second-order valence-electron chi connectivity index (χ2n) is 3.98. The third-order valence-electron chi connectivity index (χ3n) is 2.78. The Kier molecular flexibility index (Phi) is 3.88. The lowest BCUT2D eigenvalue weighted by atomic mass is 10.1. The molecule has 1 aliphatic rings. The summed E-state index contributed by atoms with van der Waals surface area (Å²) >= 11 is 0. The Hall–Kier alpha value is -1.42. The second kappa shape index (κ2) is 5.61. The van der Waals surface area contributed by atoms with Crippen molar-refractivity contribution >= 4 is 5.82 Å². The molecule has 4 heteroatoms. The molecule has 0 spiro atoms. The topological polar surface area (TPSA) is 49.8 Å². The maximum atomic E-state index is 4.26. The average Bonchev–Trinajstić information content (AvgIpc) is 2.33. The summed E-state index contributed by atoms with van der Waals surface area (Å²) < 4.78 is 0. The normalized spacial score (nSPS) is 15.7. The summed E-state index contributed by atoms with van der Waals surface area (Å²) in [6, 6.07) is 0. The van der Waals surface area contributed by atoms with Gasteiger partial charge in [0.05, 0.1) is 5.69 Å². The third-order valence-corrected chi connectivity index (χ3v) is 2.78. The van der Waals surface area contributed by atoms with Gasteiger partial charge in [0.2, 0.25) is 0 Å². The molecule has 2 N–H and O–H groups in total. The van der Waals surface area contributed by atoms with Gasteiger partial charge in [-0.2, -0.15) is 0 Å². The van der Waals surface area contributed by atoms with Crippen molar-refractivity contribution < 1.29 is 0 Å². The lowest BCUT2D eigenvalue weighted by Crippen LogP contribution is -2.21. The molecule has 0 unspecified atom stereocenters. The van der Waals surface area contributed by atoms with E-state index in [1.165, 1.54) is 12.0 Å². The molecule has 0 atom stereocenters. The lowest BCUT2D eigenvalue weighted by molar-refractivity contribution is 0.683. The zero-order valence-corrected chi connectivity index (χ0v) is 9.66. The molecular weight excluding hydrogens is 200 g/mol. The predicted octanol–water partition coefficient (Wildman–Crippen LogP) is 1.51. The van der Waals surface area contributed by atoms with Gasteiger partial charge in [-0.05, 0) is 26.3 Å². The molecule has 0 bridgehead atoms. The summed E-state index contributed by atoms with van der Waals surface area (Å²) in [5.74, 6) is 0.900. The Bertz CT molecular complexity index is 373. The van der Waals surface area contributed by atoms with Gasteiger partial charge in [-0.1, -0.05) is 11.6 Å². The molecular formula is C12H18N4. The van der Waals surface area contributed by atoms with Gasteiger partial charge in [-0.15, -0.1) is 0 Å². The molecule has 0 aliphatic carbocycles. The fourth-order valence-electron chi connectivity index (χ4n) is 1.82. The molecule has 2 heterocycles. The maximum Gasteiger partial charge on any atom is 0.147 e. The van der Waals surface area contributed by atoms with Crippen LogP contribution in [0, 0.1) is 6.92 Å². The van der Waals surface area contributed by atoms with Crippen LogP contribution >= 0.6 is 0 Å². The fourth-order valence-corrected chi connectivity index (χ4v) is 1.82. The summed E-state index contributed by atoms with van der Waals surface area (Å²) in [6.07, 6.45) is 7.99. The van der Waals surface area contributed by atoms with Gasteiger partial charge in [0.15, 0.2) is 0 Å². The van der Waals surface area contributed by atoms with Gasteiger partial charge in [0, 0.05) is 25.5 Å². The van der Waals surface area contributed by atoms with Crippen LogP contribution in [0.15, 0.2) is 24.0 Å². The predicted molar refractivity (Wildman–Crippen MR) is 65.4 cm³/mol. The SMILES string of the molecule is Cc1nccnc1NCCC1=CCNCC1. The molecule has 4 nitrogen and oxygen atoms in total. The van der Waals surface area contributed by atoms with E-state index in [2.05, 4.69) is 26.7 Å². The lowest BCUT2D eigenvalue weighted by Gasteiger charge is -2.14. The van der Waals surface area contributed by atoms with Crippen LogP contribution in [0.25, 0.3) is 0 Å². The van der Waals surface area contributed by atoms with Crippen molar-refractivity contribution in [3.8, 4) is 0 Å². The van der Waals surface area contributed by atoms with Crippen molar-refractivity contribution in [2.75, 3.05) is 25.0 Å². The molecule has 0 saturated heterocycles. The van der Waals surface area contributed by atoms with Crippen molar-refractivity contribution in [2.45, 2.75) is 19.8 Å². The standard InChI is InChI=1S/C12H18N4/c1-10-12(16-9-8-14-10)15-7-4-11-2-5-13-6-3-11/h2,8-9,13H,3-7H2,1H3,(H,15,16). The van der Waals surface area contributed by atoms with Gasteiger partial charge >= 0.3 is 0 Å². The van der Waals surface area contributed by atoms with Crippen molar-refractivity contribution in [2.24, 2.45) is 0 Å². The highest BCUT2D eigenvalue weighted by Gasteiger charge is 2.03. The van der Waals surface area contributed by atoms with Crippen LogP contribution in [-0.4, -0.2) is 29.6 Å². The van der Waals surface area contributed by atoms with Gasteiger partial charge in [-0.3, -0.25) is 4.98 Å². The summed E-state index contributed by atoms with van der Waals surface area (Å²) in [4.78, 5) is 8.45. The molecule has 0 aromatic carbocycles. The zero-order chi connectivity index (χ0) is 11.2. The number of hydrogen-bond donors (Lipinski definition) is 2. The minimum Gasteiger partial charge on any atom is -0.368 e. The molecule has 0 amide bonds. The molecule has 0 radical (unpaired) electrons.